The van der Waals surface area contributed by atoms with Gasteiger partial charge in [-0.1, -0.05) is 30.3 Å². The van der Waals surface area contributed by atoms with Gasteiger partial charge in [0, 0.05) is 0 Å². The molecule has 0 heterocycles. The van der Waals surface area contributed by atoms with E-state index in [0.29, 0.717) is 0 Å². The van der Waals surface area contributed by atoms with Crippen LogP contribution in [0.1, 0.15) is 31.6 Å². The van der Waals surface area contributed by atoms with Gasteiger partial charge >= 0.3 is 5.97 Å². The summed E-state index contributed by atoms with van der Waals surface area (Å²) in [7, 11) is 0. The van der Waals surface area contributed by atoms with Crippen LogP contribution in [0.25, 0.3) is 0 Å². The van der Waals surface area contributed by atoms with Crippen LogP contribution in [0.3, 0.4) is 0 Å². The molecule has 2 N–H and O–H groups in total. The van der Waals surface area contributed by atoms with Crippen molar-refractivity contribution in [1.82, 2.24) is 0 Å². The molecule has 0 amide bonds. The van der Waals surface area contributed by atoms with Crippen LogP contribution in [0.2, 0.25) is 0 Å². The summed E-state index contributed by atoms with van der Waals surface area (Å²) in [6, 6.07) is 9.14. The molecule has 100 valence electrons. The molecule has 0 aliphatic carbocycles. The Balaban J connectivity index is 2.80. The van der Waals surface area contributed by atoms with Crippen LogP contribution in [0.4, 0.5) is 0 Å². The van der Waals surface area contributed by atoms with E-state index in [-0.39, 0.29) is 11.2 Å². The van der Waals surface area contributed by atoms with E-state index < -0.39 is 11.6 Å². The number of benzene rings is 1. The molecular weight excluding hydrogens is 246 g/mol. The molecule has 18 heavy (non-hydrogen) atoms. The van der Waals surface area contributed by atoms with Gasteiger partial charge < -0.3 is 10.5 Å². The first-order valence-corrected chi connectivity index (χ1v) is 7.20. The highest BCUT2D eigenvalue weighted by Gasteiger charge is 2.29. The van der Waals surface area contributed by atoms with Gasteiger partial charge in [0.25, 0.3) is 0 Å². The van der Waals surface area contributed by atoms with E-state index in [4.69, 9.17) is 10.5 Å². The fourth-order valence-corrected chi connectivity index (χ4v) is 2.46. The first kappa shape index (κ1) is 15.1. The molecule has 1 aromatic rings. The average molecular weight is 267 g/mol. The van der Waals surface area contributed by atoms with Crippen molar-refractivity contribution in [3.8, 4) is 0 Å². The van der Waals surface area contributed by atoms with Gasteiger partial charge in [0.1, 0.15) is 11.6 Å². The highest BCUT2D eigenvalue weighted by atomic mass is 32.2. The average Bonchev–Trinajstić information content (AvgIpc) is 2.29. The van der Waals surface area contributed by atoms with Gasteiger partial charge in [-0.3, -0.25) is 4.79 Å². The predicted molar refractivity (Wildman–Crippen MR) is 76.5 cm³/mol. The summed E-state index contributed by atoms with van der Waals surface area (Å²) < 4.78 is 5.33. The molecule has 0 aliphatic rings. The number of nitrogens with two attached hydrogens (primary N) is 1. The Kier molecular flexibility index (Phi) is 5.23. The van der Waals surface area contributed by atoms with Gasteiger partial charge in [-0.15, -0.1) is 0 Å². The van der Waals surface area contributed by atoms with E-state index in [1.165, 1.54) is 0 Å². The molecule has 0 aliphatic heterocycles. The molecule has 3 nitrogen and oxygen atoms in total. The number of hydrogen-bond acceptors (Lipinski definition) is 4. The molecule has 0 saturated carbocycles. The van der Waals surface area contributed by atoms with Gasteiger partial charge in [0.15, 0.2) is 0 Å². The largest absolute Gasteiger partial charge is 0.459 e. The Bertz CT molecular complexity index is 387. The zero-order valence-corrected chi connectivity index (χ0v) is 12.2. The quantitative estimate of drug-likeness (QED) is 0.852. The molecule has 1 aromatic carbocycles. The van der Waals surface area contributed by atoms with Gasteiger partial charge in [0.2, 0.25) is 0 Å². The Morgan fingerprint density at radius 3 is 2.28 bits per heavy atom. The standard InChI is InChI=1S/C14H21NO2S/c1-14(2,3)17-13(16)11(15)12(18-4)10-8-6-5-7-9-10/h5-9,11-12H,15H2,1-4H3. The molecule has 0 bridgehead atoms. The third-order valence-corrected chi connectivity index (χ3v) is 3.46. The summed E-state index contributed by atoms with van der Waals surface area (Å²) >= 11 is 1.56. The SMILES string of the molecule is CSC(c1ccccc1)C(N)C(=O)OC(C)(C)C. The van der Waals surface area contributed by atoms with Crippen molar-refractivity contribution in [3.05, 3.63) is 35.9 Å². The second kappa shape index (κ2) is 6.25. The fraction of sp³-hybridized carbons (Fsp3) is 0.500. The molecule has 2 unspecified atom stereocenters. The minimum absolute atomic E-state index is 0.0824. The maximum Gasteiger partial charge on any atom is 0.324 e. The molecule has 0 fully saturated rings. The summed E-state index contributed by atoms with van der Waals surface area (Å²) in [6.45, 7) is 5.52. The Hall–Kier alpha value is -1.00. The minimum Gasteiger partial charge on any atom is -0.459 e. The molecule has 0 radical (unpaired) electrons. The van der Waals surface area contributed by atoms with E-state index in [1.807, 2.05) is 57.4 Å². The number of carbonyl (C=O) groups excluding carboxylic acids is 1. The lowest BCUT2D eigenvalue weighted by atomic mass is 10.1. The number of esters is 1. The number of ether oxygens (including phenoxy) is 1. The van der Waals surface area contributed by atoms with Gasteiger partial charge in [-0.05, 0) is 32.6 Å². The number of thioether (sulfide) groups is 1. The maximum absolute atomic E-state index is 12.0. The number of hydrogen-bond donors (Lipinski definition) is 1. The van der Waals surface area contributed by atoms with Crippen molar-refractivity contribution in [3.63, 3.8) is 0 Å². The first-order chi connectivity index (χ1) is 8.35. The molecule has 1 rings (SSSR count). The summed E-state index contributed by atoms with van der Waals surface area (Å²) in [5, 5.41) is -0.0824. The summed E-state index contributed by atoms with van der Waals surface area (Å²) in [5.74, 6) is -0.356. The van der Waals surface area contributed by atoms with Gasteiger partial charge in [-0.2, -0.15) is 11.8 Å². The second-order valence-electron chi connectivity index (χ2n) is 5.13. The first-order valence-electron chi connectivity index (χ1n) is 5.91. The minimum atomic E-state index is -0.651. The van der Waals surface area contributed by atoms with E-state index in [9.17, 15) is 4.79 Å². The van der Waals surface area contributed by atoms with Crippen LogP contribution in [-0.2, 0) is 9.53 Å². The van der Waals surface area contributed by atoms with E-state index >= 15 is 0 Å². The zero-order valence-electron chi connectivity index (χ0n) is 11.3. The summed E-state index contributed by atoms with van der Waals surface area (Å²) in [5.41, 5.74) is 6.55. The van der Waals surface area contributed by atoms with Crippen molar-refractivity contribution < 1.29 is 9.53 Å². The predicted octanol–water partition coefficient (Wildman–Crippen LogP) is 2.76. The lowest BCUT2D eigenvalue weighted by Crippen LogP contribution is -2.40. The number of carbonyl (C=O) groups is 1. The van der Waals surface area contributed by atoms with Crippen LogP contribution < -0.4 is 5.73 Å². The lowest BCUT2D eigenvalue weighted by Gasteiger charge is -2.26. The van der Waals surface area contributed by atoms with Crippen molar-refractivity contribution in [2.75, 3.05) is 6.26 Å². The van der Waals surface area contributed by atoms with Crippen LogP contribution in [0.5, 0.6) is 0 Å². The highest BCUT2D eigenvalue weighted by molar-refractivity contribution is 7.98. The molecule has 0 saturated heterocycles. The van der Waals surface area contributed by atoms with Crippen molar-refractivity contribution in [2.24, 2.45) is 5.73 Å². The Labute approximate surface area is 113 Å². The topological polar surface area (TPSA) is 52.3 Å². The van der Waals surface area contributed by atoms with E-state index in [1.54, 1.807) is 11.8 Å². The summed E-state index contributed by atoms with van der Waals surface area (Å²) in [6.07, 6.45) is 1.95. The van der Waals surface area contributed by atoms with E-state index in [0.717, 1.165) is 5.56 Å². The number of rotatable bonds is 4. The fourth-order valence-electron chi connectivity index (χ4n) is 1.63. The monoisotopic (exact) mass is 267 g/mol. The van der Waals surface area contributed by atoms with Gasteiger partial charge in [-0.25, -0.2) is 0 Å². The van der Waals surface area contributed by atoms with Crippen LogP contribution >= 0.6 is 11.8 Å². The van der Waals surface area contributed by atoms with Crippen molar-refractivity contribution in [1.29, 1.82) is 0 Å². The second-order valence-corrected chi connectivity index (χ2v) is 6.11. The van der Waals surface area contributed by atoms with Gasteiger partial charge in [0.05, 0.1) is 5.25 Å². The highest BCUT2D eigenvalue weighted by Crippen LogP contribution is 2.30. The third-order valence-electron chi connectivity index (χ3n) is 2.39. The lowest BCUT2D eigenvalue weighted by molar-refractivity contribution is -0.156. The zero-order chi connectivity index (χ0) is 13.8. The van der Waals surface area contributed by atoms with E-state index in [2.05, 4.69) is 0 Å². The Morgan fingerprint density at radius 1 is 1.28 bits per heavy atom. The van der Waals surface area contributed by atoms with Crippen molar-refractivity contribution >= 4 is 17.7 Å². The smallest absolute Gasteiger partial charge is 0.324 e. The molecule has 0 aromatic heterocycles. The maximum atomic E-state index is 12.0. The van der Waals surface area contributed by atoms with Crippen molar-refractivity contribution in [2.45, 2.75) is 37.7 Å². The molecule has 4 heteroatoms. The Morgan fingerprint density at radius 2 is 1.83 bits per heavy atom. The van der Waals surface area contributed by atoms with Crippen LogP contribution in [-0.4, -0.2) is 23.9 Å². The third kappa shape index (κ3) is 4.35. The van der Waals surface area contributed by atoms with Crippen LogP contribution in [0, 0.1) is 0 Å². The molecule has 2 atom stereocenters. The molecule has 0 spiro atoms. The normalized spacial score (nSPS) is 14.9. The van der Waals surface area contributed by atoms with Crippen LogP contribution in [0.15, 0.2) is 30.3 Å². The molecular formula is C14H21NO2S. The summed E-state index contributed by atoms with van der Waals surface area (Å²) in [4.78, 5) is 12.0.